The Morgan fingerprint density at radius 1 is 1.00 bits per heavy atom. The molecular formula is C27H32N4O. The van der Waals surface area contributed by atoms with Crippen LogP contribution in [0.1, 0.15) is 36.8 Å². The van der Waals surface area contributed by atoms with E-state index in [0.29, 0.717) is 0 Å². The molecule has 0 unspecified atom stereocenters. The van der Waals surface area contributed by atoms with Gasteiger partial charge in [-0.15, -0.1) is 0 Å². The van der Waals surface area contributed by atoms with E-state index < -0.39 is 0 Å². The molecule has 0 bridgehead atoms. The van der Waals surface area contributed by atoms with Crippen LogP contribution in [0.5, 0.6) is 0 Å². The second kappa shape index (κ2) is 9.29. The molecule has 1 aliphatic heterocycles. The lowest BCUT2D eigenvalue weighted by molar-refractivity contribution is -0.123. The maximum absolute atomic E-state index is 12.7. The normalized spacial score (nSPS) is 19.7. The molecule has 3 aromatic rings. The van der Waals surface area contributed by atoms with Crippen LogP contribution in [0.15, 0.2) is 73.1 Å². The maximum Gasteiger partial charge on any atom is 0.223 e. The lowest BCUT2D eigenvalue weighted by Gasteiger charge is -2.32. The van der Waals surface area contributed by atoms with Gasteiger partial charge in [0.15, 0.2) is 0 Å². The van der Waals surface area contributed by atoms with E-state index in [-0.39, 0.29) is 17.2 Å². The summed E-state index contributed by atoms with van der Waals surface area (Å²) in [6.07, 6.45) is 9.44. The van der Waals surface area contributed by atoms with E-state index in [2.05, 4.69) is 57.9 Å². The molecule has 5 heteroatoms. The third kappa shape index (κ3) is 4.78. The molecule has 1 amide bonds. The molecule has 2 aliphatic rings. The molecule has 5 rings (SSSR count). The molecule has 5 nitrogen and oxygen atoms in total. The van der Waals surface area contributed by atoms with Gasteiger partial charge >= 0.3 is 0 Å². The van der Waals surface area contributed by atoms with E-state index >= 15 is 0 Å². The van der Waals surface area contributed by atoms with E-state index in [1.165, 1.54) is 11.1 Å². The lowest BCUT2D eigenvalue weighted by atomic mass is 9.90. The van der Waals surface area contributed by atoms with Crippen molar-refractivity contribution in [2.45, 2.75) is 38.6 Å². The molecule has 0 radical (unpaired) electrons. The van der Waals surface area contributed by atoms with Gasteiger partial charge in [-0.2, -0.15) is 5.10 Å². The van der Waals surface area contributed by atoms with Crippen molar-refractivity contribution in [3.05, 3.63) is 84.2 Å². The van der Waals surface area contributed by atoms with Gasteiger partial charge in [-0.1, -0.05) is 48.5 Å². The van der Waals surface area contributed by atoms with E-state index in [4.69, 9.17) is 0 Å². The zero-order valence-corrected chi connectivity index (χ0v) is 18.6. The number of carbonyl (C=O) groups is 1. The highest BCUT2D eigenvalue weighted by atomic mass is 16.2. The number of rotatable bonds is 8. The Morgan fingerprint density at radius 3 is 2.47 bits per heavy atom. The fourth-order valence-corrected chi connectivity index (χ4v) is 5.12. The lowest BCUT2D eigenvalue weighted by Crippen LogP contribution is -2.36. The van der Waals surface area contributed by atoms with Crippen molar-refractivity contribution >= 4 is 5.91 Å². The number of nitrogens with one attached hydrogen (secondary N) is 1. The minimum absolute atomic E-state index is 0.224. The van der Waals surface area contributed by atoms with Crippen molar-refractivity contribution in [1.29, 1.82) is 0 Å². The van der Waals surface area contributed by atoms with Crippen LogP contribution in [0.2, 0.25) is 0 Å². The molecule has 1 saturated heterocycles. The first-order valence-electron chi connectivity index (χ1n) is 11.8. The first kappa shape index (κ1) is 21.0. The Kier molecular flexibility index (Phi) is 6.08. The Labute approximate surface area is 190 Å². The second-order valence-corrected chi connectivity index (χ2v) is 9.40. The largest absolute Gasteiger partial charge is 0.356 e. The molecule has 1 saturated carbocycles. The van der Waals surface area contributed by atoms with Gasteiger partial charge in [0.2, 0.25) is 5.91 Å². The summed E-state index contributed by atoms with van der Waals surface area (Å²) in [4.78, 5) is 15.2. The zero-order chi connectivity index (χ0) is 21.8. The van der Waals surface area contributed by atoms with Crippen LogP contribution in [0.4, 0.5) is 0 Å². The minimum Gasteiger partial charge on any atom is -0.356 e. The van der Waals surface area contributed by atoms with Crippen LogP contribution >= 0.6 is 0 Å². The Balaban J connectivity index is 1.04. The SMILES string of the molecule is O=C(NCCCc1ccccc1)[C@H]1CC12CCN(Cc1cnn(-c3ccccc3)c1)CC2. The molecule has 1 aromatic heterocycles. The van der Waals surface area contributed by atoms with Gasteiger partial charge in [-0.3, -0.25) is 9.69 Å². The first-order chi connectivity index (χ1) is 15.7. The van der Waals surface area contributed by atoms with Crippen LogP contribution in [-0.4, -0.2) is 40.2 Å². The highest BCUT2D eigenvalue weighted by Gasteiger charge is 2.58. The highest BCUT2D eigenvalue weighted by molar-refractivity contribution is 5.82. The van der Waals surface area contributed by atoms with E-state index in [0.717, 1.165) is 64.0 Å². The van der Waals surface area contributed by atoms with Crippen LogP contribution in [0.25, 0.3) is 5.69 Å². The molecule has 2 heterocycles. The number of aryl methyl sites for hydroxylation is 1. The number of para-hydroxylation sites is 1. The van der Waals surface area contributed by atoms with Gasteiger partial charge < -0.3 is 5.32 Å². The number of amides is 1. The number of nitrogens with zero attached hydrogens (tertiary/aromatic N) is 3. The number of piperidine rings is 1. The fourth-order valence-electron chi connectivity index (χ4n) is 5.12. The fraction of sp³-hybridized carbons (Fsp3) is 0.407. The molecule has 2 aromatic carbocycles. The predicted octanol–water partition coefficient (Wildman–Crippen LogP) is 4.22. The molecule has 1 spiro atoms. The summed E-state index contributed by atoms with van der Waals surface area (Å²) >= 11 is 0. The van der Waals surface area contributed by atoms with Gasteiger partial charge in [0.25, 0.3) is 0 Å². The summed E-state index contributed by atoms with van der Waals surface area (Å²) in [6, 6.07) is 20.7. The summed E-state index contributed by atoms with van der Waals surface area (Å²) in [5, 5.41) is 7.71. The summed E-state index contributed by atoms with van der Waals surface area (Å²) in [6.45, 7) is 3.83. The molecule has 166 valence electrons. The van der Waals surface area contributed by atoms with Crippen molar-refractivity contribution in [2.24, 2.45) is 11.3 Å². The zero-order valence-electron chi connectivity index (χ0n) is 18.6. The monoisotopic (exact) mass is 428 g/mol. The first-order valence-corrected chi connectivity index (χ1v) is 11.8. The van der Waals surface area contributed by atoms with Crippen molar-refractivity contribution in [2.75, 3.05) is 19.6 Å². The number of carbonyl (C=O) groups excluding carboxylic acids is 1. The van der Waals surface area contributed by atoms with Crippen LogP contribution in [0, 0.1) is 11.3 Å². The molecule has 2 fully saturated rings. The van der Waals surface area contributed by atoms with Crippen molar-refractivity contribution in [3.63, 3.8) is 0 Å². The van der Waals surface area contributed by atoms with E-state index in [1.54, 1.807) is 0 Å². The Morgan fingerprint density at radius 2 is 1.72 bits per heavy atom. The third-order valence-corrected chi connectivity index (χ3v) is 7.21. The predicted molar refractivity (Wildman–Crippen MR) is 126 cm³/mol. The highest BCUT2D eigenvalue weighted by Crippen LogP contribution is 2.59. The summed E-state index contributed by atoms with van der Waals surface area (Å²) in [5.74, 6) is 0.498. The molecule has 1 aliphatic carbocycles. The second-order valence-electron chi connectivity index (χ2n) is 9.40. The number of hydrogen-bond donors (Lipinski definition) is 1. The Bertz CT molecular complexity index is 1020. The maximum atomic E-state index is 12.7. The molecule has 1 N–H and O–H groups in total. The average Bonchev–Trinajstić information content (AvgIpc) is 3.34. The van der Waals surface area contributed by atoms with Gasteiger partial charge in [-0.25, -0.2) is 4.68 Å². The summed E-state index contributed by atoms with van der Waals surface area (Å²) in [7, 11) is 0. The van der Waals surface area contributed by atoms with Gasteiger partial charge in [0.05, 0.1) is 11.9 Å². The smallest absolute Gasteiger partial charge is 0.223 e. The summed E-state index contributed by atoms with van der Waals surface area (Å²) in [5.41, 5.74) is 3.93. The van der Waals surface area contributed by atoms with Crippen molar-refractivity contribution in [1.82, 2.24) is 20.0 Å². The number of aromatic nitrogens is 2. The van der Waals surface area contributed by atoms with Gasteiger partial charge in [-0.05, 0) is 68.3 Å². The molecular weight excluding hydrogens is 396 g/mol. The minimum atomic E-state index is 0.224. The third-order valence-electron chi connectivity index (χ3n) is 7.21. The van der Waals surface area contributed by atoms with Crippen molar-refractivity contribution < 1.29 is 4.79 Å². The Hall–Kier alpha value is -2.92. The molecule has 1 atom stereocenters. The standard InChI is InChI=1S/C27H32N4O/c32-26(28-15-7-10-22-8-3-1-4-9-22)25-18-27(25)13-16-30(17-14-27)20-23-19-29-31(21-23)24-11-5-2-6-12-24/h1-6,8-9,11-12,19,21,25H,7,10,13-18,20H2,(H,28,32)/t25-/m1/s1. The average molecular weight is 429 g/mol. The van der Waals surface area contributed by atoms with E-state index in [1.807, 2.05) is 35.1 Å². The molecule has 32 heavy (non-hydrogen) atoms. The van der Waals surface area contributed by atoms with Crippen molar-refractivity contribution in [3.8, 4) is 5.69 Å². The van der Waals surface area contributed by atoms with Gasteiger partial charge in [0.1, 0.15) is 0 Å². The van der Waals surface area contributed by atoms with Crippen LogP contribution < -0.4 is 5.32 Å². The van der Waals surface area contributed by atoms with Crippen LogP contribution in [-0.2, 0) is 17.8 Å². The quantitative estimate of drug-likeness (QED) is 0.547. The van der Waals surface area contributed by atoms with Gasteiger partial charge in [0, 0.05) is 30.8 Å². The number of benzene rings is 2. The topological polar surface area (TPSA) is 50.2 Å². The number of likely N-dealkylation sites (tertiary alicyclic amines) is 1. The number of hydrogen-bond acceptors (Lipinski definition) is 3. The summed E-state index contributed by atoms with van der Waals surface area (Å²) < 4.78 is 1.94. The van der Waals surface area contributed by atoms with E-state index in [9.17, 15) is 4.79 Å². The van der Waals surface area contributed by atoms with Crippen LogP contribution in [0.3, 0.4) is 0 Å².